The Hall–Kier alpha value is -1.39. The second-order valence-electron chi connectivity index (χ2n) is 3.92. The topological polar surface area (TPSA) is 57.0 Å². The lowest BCUT2D eigenvalue weighted by Gasteiger charge is -2.12. The first-order chi connectivity index (χ1) is 7.24. The number of methoxy groups -OCH3 is 1. The summed E-state index contributed by atoms with van der Waals surface area (Å²) in [5.74, 6) is 0.573. The summed E-state index contributed by atoms with van der Waals surface area (Å²) in [6.07, 6.45) is 4.33. The molecule has 82 valence electrons. The van der Waals surface area contributed by atoms with E-state index < -0.39 is 5.41 Å². The standard InChI is InChI=1S/C10H15N3O2/c1-3-6-13-7-11-12-8(13)10(4-5-10)9(14)15-2/h7H,3-6H2,1-2H3. The lowest BCUT2D eigenvalue weighted by Crippen LogP contribution is -2.26. The summed E-state index contributed by atoms with van der Waals surface area (Å²) in [5.41, 5.74) is -0.500. The molecule has 5 nitrogen and oxygen atoms in total. The van der Waals surface area contributed by atoms with Crippen LogP contribution in [0.2, 0.25) is 0 Å². The van der Waals surface area contributed by atoms with E-state index in [1.807, 2.05) is 4.57 Å². The molecular formula is C10H15N3O2. The molecule has 0 aromatic carbocycles. The average Bonchev–Trinajstić information content (AvgIpc) is 2.93. The van der Waals surface area contributed by atoms with Gasteiger partial charge in [0.2, 0.25) is 0 Å². The van der Waals surface area contributed by atoms with Crippen LogP contribution in [0, 0.1) is 0 Å². The van der Waals surface area contributed by atoms with Gasteiger partial charge in [0.15, 0.2) is 0 Å². The third-order valence-electron chi connectivity index (χ3n) is 2.83. The summed E-state index contributed by atoms with van der Waals surface area (Å²) < 4.78 is 6.76. The van der Waals surface area contributed by atoms with Crippen molar-refractivity contribution in [1.29, 1.82) is 0 Å². The molecule has 15 heavy (non-hydrogen) atoms. The van der Waals surface area contributed by atoms with Gasteiger partial charge in [-0.3, -0.25) is 4.79 Å². The molecule has 1 aromatic heterocycles. The van der Waals surface area contributed by atoms with Gasteiger partial charge in [0.25, 0.3) is 0 Å². The predicted molar refractivity (Wildman–Crippen MR) is 53.2 cm³/mol. The fraction of sp³-hybridized carbons (Fsp3) is 0.700. The number of hydrogen-bond donors (Lipinski definition) is 0. The van der Waals surface area contributed by atoms with Crippen LogP contribution in [0.15, 0.2) is 6.33 Å². The lowest BCUT2D eigenvalue weighted by atomic mass is 10.1. The highest BCUT2D eigenvalue weighted by atomic mass is 16.5. The zero-order chi connectivity index (χ0) is 10.9. The molecule has 1 aliphatic carbocycles. The highest BCUT2D eigenvalue weighted by Crippen LogP contribution is 2.48. The summed E-state index contributed by atoms with van der Waals surface area (Å²) in [5, 5.41) is 7.92. The van der Waals surface area contributed by atoms with E-state index >= 15 is 0 Å². The van der Waals surface area contributed by atoms with Crippen molar-refractivity contribution in [3.8, 4) is 0 Å². The van der Waals surface area contributed by atoms with Gasteiger partial charge < -0.3 is 9.30 Å². The van der Waals surface area contributed by atoms with Gasteiger partial charge >= 0.3 is 5.97 Å². The van der Waals surface area contributed by atoms with E-state index in [0.29, 0.717) is 0 Å². The van der Waals surface area contributed by atoms with Crippen LogP contribution in [0.5, 0.6) is 0 Å². The fourth-order valence-corrected chi connectivity index (χ4v) is 1.87. The van der Waals surface area contributed by atoms with Crippen molar-refractivity contribution in [2.75, 3.05) is 7.11 Å². The Morgan fingerprint density at radius 3 is 2.93 bits per heavy atom. The van der Waals surface area contributed by atoms with E-state index in [0.717, 1.165) is 31.6 Å². The Balaban J connectivity index is 2.29. The number of esters is 1. The van der Waals surface area contributed by atoms with Crippen LogP contribution in [0.25, 0.3) is 0 Å². The summed E-state index contributed by atoms with van der Waals surface area (Å²) in [7, 11) is 1.42. The molecule has 1 aromatic rings. The second kappa shape index (κ2) is 3.64. The van der Waals surface area contributed by atoms with Crippen LogP contribution < -0.4 is 0 Å². The van der Waals surface area contributed by atoms with Crippen molar-refractivity contribution in [3.63, 3.8) is 0 Å². The molecule has 0 radical (unpaired) electrons. The van der Waals surface area contributed by atoms with Crippen LogP contribution in [0.1, 0.15) is 32.0 Å². The number of carbonyl (C=O) groups is 1. The molecule has 0 bridgehead atoms. The predicted octanol–water partition coefficient (Wildman–Crippen LogP) is 0.893. The van der Waals surface area contributed by atoms with Crippen molar-refractivity contribution < 1.29 is 9.53 Å². The number of aromatic nitrogens is 3. The average molecular weight is 209 g/mol. The van der Waals surface area contributed by atoms with Gasteiger partial charge in [-0.15, -0.1) is 10.2 Å². The molecular weight excluding hydrogens is 194 g/mol. The number of nitrogens with zero attached hydrogens (tertiary/aromatic N) is 3. The molecule has 1 aliphatic rings. The Morgan fingerprint density at radius 1 is 1.67 bits per heavy atom. The molecule has 0 N–H and O–H groups in total. The van der Waals surface area contributed by atoms with Crippen molar-refractivity contribution in [2.24, 2.45) is 0 Å². The van der Waals surface area contributed by atoms with Gasteiger partial charge in [0, 0.05) is 6.54 Å². The van der Waals surface area contributed by atoms with Crippen molar-refractivity contribution in [2.45, 2.75) is 38.1 Å². The number of hydrogen-bond acceptors (Lipinski definition) is 4. The quantitative estimate of drug-likeness (QED) is 0.691. The molecule has 0 spiro atoms. The molecule has 2 rings (SSSR count). The van der Waals surface area contributed by atoms with Gasteiger partial charge in [-0.25, -0.2) is 0 Å². The van der Waals surface area contributed by atoms with Crippen molar-refractivity contribution in [1.82, 2.24) is 14.8 Å². The van der Waals surface area contributed by atoms with E-state index in [2.05, 4.69) is 17.1 Å². The summed E-state index contributed by atoms with van der Waals surface area (Å²) in [4.78, 5) is 11.6. The number of rotatable bonds is 4. The van der Waals surface area contributed by atoms with Gasteiger partial charge in [0.05, 0.1) is 7.11 Å². The Kier molecular flexibility index (Phi) is 2.46. The van der Waals surface area contributed by atoms with Gasteiger partial charge in [-0.05, 0) is 19.3 Å². The third kappa shape index (κ3) is 1.52. The monoisotopic (exact) mass is 209 g/mol. The van der Waals surface area contributed by atoms with E-state index in [-0.39, 0.29) is 5.97 Å². The fourth-order valence-electron chi connectivity index (χ4n) is 1.87. The Bertz CT molecular complexity index is 368. The third-order valence-corrected chi connectivity index (χ3v) is 2.83. The Labute approximate surface area is 88.4 Å². The first-order valence-corrected chi connectivity index (χ1v) is 5.21. The van der Waals surface area contributed by atoms with E-state index in [9.17, 15) is 4.79 Å². The van der Waals surface area contributed by atoms with Crippen molar-refractivity contribution in [3.05, 3.63) is 12.2 Å². The first-order valence-electron chi connectivity index (χ1n) is 5.21. The minimum Gasteiger partial charge on any atom is -0.468 e. The zero-order valence-electron chi connectivity index (χ0n) is 9.06. The molecule has 1 saturated carbocycles. The van der Waals surface area contributed by atoms with Gasteiger partial charge in [0.1, 0.15) is 17.6 Å². The zero-order valence-corrected chi connectivity index (χ0v) is 9.06. The molecule has 0 saturated heterocycles. The van der Waals surface area contributed by atoms with Crippen LogP contribution in [-0.4, -0.2) is 27.8 Å². The molecule has 0 atom stereocenters. The highest BCUT2D eigenvalue weighted by Gasteiger charge is 2.56. The lowest BCUT2D eigenvalue weighted by molar-refractivity contribution is -0.144. The summed E-state index contributed by atoms with van der Waals surface area (Å²) >= 11 is 0. The molecule has 0 amide bonds. The summed E-state index contributed by atoms with van der Waals surface area (Å²) in [6, 6.07) is 0. The SMILES string of the molecule is CCCn1cnnc1C1(C(=O)OC)CC1. The van der Waals surface area contributed by atoms with Gasteiger partial charge in [-0.1, -0.05) is 6.92 Å². The molecule has 5 heteroatoms. The largest absolute Gasteiger partial charge is 0.468 e. The molecule has 0 unspecified atom stereocenters. The summed E-state index contributed by atoms with van der Waals surface area (Å²) in [6.45, 7) is 2.93. The molecule has 0 aliphatic heterocycles. The van der Waals surface area contributed by atoms with E-state index in [1.54, 1.807) is 6.33 Å². The van der Waals surface area contributed by atoms with Crippen LogP contribution in [-0.2, 0) is 21.5 Å². The van der Waals surface area contributed by atoms with Crippen molar-refractivity contribution >= 4 is 5.97 Å². The number of aryl methyl sites for hydroxylation is 1. The maximum Gasteiger partial charge on any atom is 0.319 e. The van der Waals surface area contributed by atoms with E-state index in [4.69, 9.17) is 4.74 Å². The van der Waals surface area contributed by atoms with E-state index in [1.165, 1.54) is 7.11 Å². The molecule has 1 heterocycles. The minimum absolute atomic E-state index is 0.187. The van der Waals surface area contributed by atoms with Crippen LogP contribution in [0.4, 0.5) is 0 Å². The van der Waals surface area contributed by atoms with Crippen LogP contribution >= 0.6 is 0 Å². The molecule has 1 fully saturated rings. The van der Waals surface area contributed by atoms with Crippen LogP contribution in [0.3, 0.4) is 0 Å². The Morgan fingerprint density at radius 2 is 2.40 bits per heavy atom. The number of ether oxygens (including phenoxy) is 1. The van der Waals surface area contributed by atoms with Gasteiger partial charge in [-0.2, -0.15) is 0 Å². The minimum atomic E-state index is -0.500. The normalized spacial score (nSPS) is 17.5. The maximum atomic E-state index is 11.6. The number of carbonyl (C=O) groups excluding carboxylic acids is 1. The second-order valence-corrected chi connectivity index (χ2v) is 3.92. The highest BCUT2D eigenvalue weighted by molar-refractivity contribution is 5.85. The maximum absolute atomic E-state index is 11.6. The smallest absolute Gasteiger partial charge is 0.319 e. The first kappa shape index (κ1) is 10.1.